The maximum absolute atomic E-state index is 6.43. The quantitative estimate of drug-likeness (QED) is 0.823. The van der Waals surface area contributed by atoms with Crippen LogP contribution in [-0.2, 0) is 4.74 Å². The molecule has 1 saturated carbocycles. The van der Waals surface area contributed by atoms with E-state index >= 15 is 0 Å². The molecule has 1 fully saturated rings. The molecule has 0 aromatic heterocycles. The van der Waals surface area contributed by atoms with E-state index in [4.69, 9.17) is 19.9 Å². The van der Waals surface area contributed by atoms with Crippen molar-refractivity contribution in [1.82, 2.24) is 0 Å². The lowest BCUT2D eigenvalue weighted by atomic mass is 9.97. The van der Waals surface area contributed by atoms with E-state index in [-0.39, 0.29) is 12.1 Å². The molecular formula is C15H23NO3. The van der Waals surface area contributed by atoms with Crippen molar-refractivity contribution >= 4 is 0 Å². The minimum atomic E-state index is -0.224. The zero-order valence-corrected chi connectivity index (χ0v) is 11.9. The standard InChI is InChI=1S/C15H23NO3/c1-4-19-15(10-8-9-10)14(16)13-11(17-2)6-5-7-12(13)18-3/h5-7,10,14-15H,4,8-9,16H2,1-3H3. The van der Waals surface area contributed by atoms with Gasteiger partial charge in [-0.05, 0) is 37.8 Å². The van der Waals surface area contributed by atoms with Crippen molar-refractivity contribution in [2.75, 3.05) is 20.8 Å². The molecule has 106 valence electrons. The van der Waals surface area contributed by atoms with Crippen molar-refractivity contribution in [3.63, 3.8) is 0 Å². The van der Waals surface area contributed by atoms with E-state index in [9.17, 15) is 0 Å². The van der Waals surface area contributed by atoms with Gasteiger partial charge in [-0.1, -0.05) is 6.07 Å². The molecule has 0 heterocycles. The summed E-state index contributed by atoms with van der Waals surface area (Å²) < 4.78 is 16.7. The van der Waals surface area contributed by atoms with Crippen LogP contribution in [0.2, 0.25) is 0 Å². The van der Waals surface area contributed by atoms with Crippen LogP contribution in [0, 0.1) is 5.92 Å². The molecule has 1 aliphatic rings. The molecule has 1 aromatic rings. The molecule has 19 heavy (non-hydrogen) atoms. The summed E-state index contributed by atoms with van der Waals surface area (Å²) >= 11 is 0. The maximum Gasteiger partial charge on any atom is 0.127 e. The lowest BCUT2D eigenvalue weighted by Gasteiger charge is -2.26. The first-order valence-corrected chi connectivity index (χ1v) is 6.81. The summed E-state index contributed by atoms with van der Waals surface area (Å²) in [5, 5.41) is 0. The van der Waals surface area contributed by atoms with Crippen LogP contribution >= 0.6 is 0 Å². The second-order valence-corrected chi connectivity index (χ2v) is 4.86. The van der Waals surface area contributed by atoms with Crippen molar-refractivity contribution in [2.24, 2.45) is 11.7 Å². The van der Waals surface area contributed by atoms with E-state index in [0.29, 0.717) is 12.5 Å². The van der Waals surface area contributed by atoms with Crippen LogP contribution in [0.1, 0.15) is 31.4 Å². The first-order chi connectivity index (χ1) is 9.22. The minimum absolute atomic E-state index is 0.0372. The van der Waals surface area contributed by atoms with Gasteiger partial charge in [0.1, 0.15) is 11.5 Å². The van der Waals surface area contributed by atoms with Gasteiger partial charge in [0.15, 0.2) is 0 Å². The number of rotatable bonds is 7. The summed E-state index contributed by atoms with van der Waals surface area (Å²) in [6.45, 7) is 2.67. The molecule has 0 spiro atoms. The molecule has 1 aromatic carbocycles. The van der Waals surface area contributed by atoms with Gasteiger partial charge in [0, 0.05) is 6.61 Å². The number of methoxy groups -OCH3 is 2. The zero-order chi connectivity index (χ0) is 13.8. The van der Waals surface area contributed by atoms with Crippen molar-refractivity contribution in [3.05, 3.63) is 23.8 Å². The van der Waals surface area contributed by atoms with E-state index in [1.54, 1.807) is 14.2 Å². The Bertz CT molecular complexity index is 396. The predicted octanol–water partition coefficient (Wildman–Crippen LogP) is 2.52. The Balaban J connectivity index is 2.32. The molecule has 2 N–H and O–H groups in total. The molecule has 4 heteroatoms. The number of hydrogen-bond acceptors (Lipinski definition) is 4. The highest BCUT2D eigenvalue weighted by Gasteiger charge is 2.38. The highest BCUT2D eigenvalue weighted by atomic mass is 16.5. The Labute approximate surface area is 114 Å². The summed E-state index contributed by atoms with van der Waals surface area (Å²) in [6.07, 6.45) is 2.42. The Morgan fingerprint density at radius 1 is 1.21 bits per heavy atom. The van der Waals surface area contributed by atoms with E-state index in [0.717, 1.165) is 17.1 Å². The van der Waals surface area contributed by atoms with Gasteiger partial charge < -0.3 is 19.9 Å². The van der Waals surface area contributed by atoms with Crippen LogP contribution in [-0.4, -0.2) is 26.9 Å². The summed E-state index contributed by atoms with van der Waals surface area (Å²) in [6, 6.07) is 5.50. The van der Waals surface area contributed by atoms with Gasteiger partial charge in [-0.2, -0.15) is 0 Å². The molecule has 2 atom stereocenters. The van der Waals surface area contributed by atoms with Gasteiger partial charge in [0.05, 0.1) is 31.9 Å². The Morgan fingerprint density at radius 2 is 1.79 bits per heavy atom. The second-order valence-electron chi connectivity index (χ2n) is 4.86. The van der Waals surface area contributed by atoms with Crippen molar-refractivity contribution in [3.8, 4) is 11.5 Å². The second kappa shape index (κ2) is 6.26. The molecule has 4 nitrogen and oxygen atoms in total. The lowest BCUT2D eigenvalue weighted by Crippen LogP contribution is -2.31. The zero-order valence-electron chi connectivity index (χ0n) is 11.9. The van der Waals surface area contributed by atoms with Gasteiger partial charge in [-0.15, -0.1) is 0 Å². The fraction of sp³-hybridized carbons (Fsp3) is 0.600. The third-order valence-corrected chi connectivity index (χ3v) is 3.60. The molecule has 0 radical (unpaired) electrons. The average molecular weight is 265 g/mol. The number of benzene rings is 1. The Kier molecular flexibility index (Phi) is 4.66. The van der Waals surface area contributed by atoms with Crippen molar-refractivity contribution < 1.29 is 14.2 Å². The first kappa shape index (κ1) is 14.2. The van der Waals surface area contributed by atoms with Gasteiger partial charge in [-0.25, -0.2) is 0 Å². The van der Waals surface area contributed by atoms with Crippen LogP contribution in [0.5, 0.6) is 11.5 Å². The van der Waals surface area contributed by atoms with Crippen LogP contribution < -0.4 is 15.2 Å². The van der Waals surface area contributed by atoms with E-state index in [1.165, 1.54) is 12.8 Å². The van der Waals surface area contributed by atoms with Crippen molar-refractivity contribution in [2.45, 2.75) is 31.9 Å². The summed E-state index contributed by atoms with van der Waals surface area (Å²) in [4.78, 5) is 0. The molecule has 0 bridgehead atoms. The number of nitrogens with two attached hydrogens (primary N) is 1. The fourth-order valence-electron chi connectivity index (χ4n) is 2.52. The highest BCUT2D eigenvalue weighted by Crippen LogP contribution is 2.43. The van der Waals surface area contributed by atoms with E-state index < -0.39 is 0 Å². The summed E-state index contributed by atoms with van der Waals surface area (Å²) in [5.74, 6) is 2.08. The minimum Gasteiger partial charge on any atom is -0.496 e. The molecule has 2 unspecified atom stereocenters. The lowest BCUT2D eigenvalue weighted by molar-refractivity contribution is 0.0272. The van der Waals surface area contributed by atoms with Gasteiger partial charge in [0.25, 0.3) is 0 Å². The average Bonchev–Trinajstić information content (AvgIpc) is 3.27. The molecule has 1 aliphatic carbocycles. The smallest absolute Gasteiger partial charge is 0.127 e. The SMILES string of the molecule is CCOC(C1CC1)C(N)c1c(OC)cccc1OC. The van der Waals surface area contributed by atoms with Crippen molar-refractivity contribution in [1.29, 1.82) is 0 Å². The summed E-state index contributed by atoms with van der Waals surface area (Å²) in [7, 11) is 3.30. The van der Waals surface area contributed by atoms with Gasteiger partial charge >= 0.3 is 0 Å². The largest absolute Gasteiger partial charge is 0.496 e. The number of hydrogen-bond donors (Lipinski definition) is 1. The van der Waals surface area contributed by atoms with Crippen LogP contribution in [0.4, 0.5) is 0 Å². The predicted molar refractivity (Wildman–Crippen MR) is 74.6 cm³/mol. The van der Waals surface area contributed by atoms with E-state index in [1.807, 2.05) is 25.1 Å². The van der Waals surface area contributed by atoms with Crippen LogP contribution in [0.3, 0.4) is 0 Å². The molecule has 0 saturated heterocycles. The summed E-state index contributed by atoms with van der Waals surface area (Å²) in [5.41, 5.74) is 7.33. The molecular weight excluding hydrogens is 242 g/mol. The maximum atomic E-state index is 6.43. The van der Waals surface area contributed by atoms with E-state index in [2.05, 4.69) is 0 Å². The third kappa shape index (κ3) is 3.01. The van der Waals surface area contributed by atoms with Gasteiger partial charge in [-0.3, -0.25) is 0 Å². The van der Waals surface area contributed by atoms with Crippen LogP contribution in [0.15, 0.2) is 18.2 Å². The molecule has 0 amide bonds. The van der Waals surface area contributed by atoms with Gasteiger partial charge in [0.2, 0.25) is 0 Å². The first-order valence-electron chi connectivity index (χ1n) is 6.81. The normalized spacial score (nSPS) is 17.9. The Morgan fingerprint density at radius 3 is 2.21 bits per heavy atom. The molecule has 0 aliphatic heterocycles. The monoisotopic (exact) mass is 265 g/mol. The molecule has 2 rings (SSSR count). The fourth-order valence-corrected chi connectivity index (χ4v) is 2.52. The van der Waals surface area contributed by atoms with Crippen LogP contribution in [0.25, 0.3) is 0 Å². The highest BCUT2D eigenvalue weighted by molar-refractivity contribution is 5.47. The topological polar surface area (TPSA) is 53.7 Å². The number of ether oxygens (including phenoxy) is 3. The third-order valence-electron chi connectivity index (χ3n) is 3.60. The Hall–Kier alpha value is -1.26.